The highest BCUT2D eigenvalue weighted by molar-refractivity contribution is 8.15. The van der Waals surface area contributed by atoms with Gasteiger partial charge in [0.15, 0.2) is 0 Å². The second-order valence-corrected chi connectivity index (χ2v) is 11.3. The molecule has 2 aromatic rings. The van der Waals surface area contributed by atoms with Crippen molar-refractivity contribution >= 4 is 33.5 Å². The van der Waals surface area contributed by atoms with Gasteiger partial charge in [0.1, 0.15) is 11.4 Å². The molecule has 1 unspecified atom stereocenters. The minimum Gasteiger partial charge on any atom is -0.489 e. The maximum Gasteiger partial charge on any atom is 0.219 e. The number of benzene rings is 1. The van der Waals surface area contributed by atoms with Gasteiger partial charge in [-0.3, -0.25) is 14.7 Å². The summed E-state index contributed by atoms with van der Waals surface area (Å²) < 4.78 is 6.57. The molecule has 0 aliphatic carbocycles. The van der Waals surface area contributed by atoms with Crippen LogP contribution in [0.4, 0.5) is 5.69 Å². The Kier molecular flexibility index (Phi) is 6.05. The average molecular weight is 454 g/mol. The number of carbonyl (C=O) groups excluding carboxylic acids is 1. The minimum absolute atomic E-state index is 0.0815. The van der Waals surface area contributed by atoms with Crippen molar-refractivity contribution < 1.29 is 9.53 Å². The lowest BCUT2D eigenvalue weighted by atomic mass is 9.83. The van der Waals surface area contributed by atoms with Crippen LogP contribution in [-0.4, -0.2) is 57.6 Å². The van der Waals surface area contributed by atoms with Crippen LogP contribution in [0.15, 0.2) is 41.8 Å². The molecule has 172 valence electrons. The molecule has 1 aromatic carbocycles. The highest BCUT2D eigenvalue weighted by atomic mass is 32.2. The van der Waals surface area contributed by atoms with Gasteiger partial charge in [0.05, 0.1) is 16.3 Å². The van der Waals surface area contributed by atoms with Crippen molar-refractivity contribution in [3.63, 3.8) is 0 Å². The molecule has 5 nitrogen and oxygen atoms in total. The Morgan fingerprint density at radius 3 is 2.38 bits per heavy atom. The zero-order valence-corrected chi connectivity index (χ0v) is 21.2. The largest absolute Gasteiger partial charge is 0.489 e. The smallest absolute Gasteiger partial charge is 0.219 e. The fourth-order valence-corrected chi connectivity index (χ4v) is 5.60. The molecule has 6 heteroatoms. The molecule has 1 fully saturated rings. The van der Waals surface area contributed by atoms with E-state index >= 15 is 0 Å². The Morgan fingerprint density at radius 1 is 1.06 bits per heavy atom. The van der Waals surface area contributed by atoms with Crippen LogP contribution in [0.5, 0.6) is 0 Å². The zero-order chi connectivity index (χ0) is 23.3. The standard InChI is InChI=1S/C26H35N3O2S/c1-17-8-9-20-21(16-17)27-11-10-22(20)28-12-14-29(15-13-28)25(4,5)26(6,7)31-23-18(2)24(30)32-19(23)3/h8-11,16,19H,12-15H2,1-7H3. The van der Waals surface area contributed by atoms with Gasteiger partial charge in [0, 0.05) is 49.0 Å². The number of fused-ring (bicyclic) bond motifs is 1. The van der Waals surface area contributed by atoms with Crippen LogP contribution in [0, 0.1) is 6.92 Å². The molecule has 32 heavy (non-hydrogen) atoms. The van der Waals surface area contributed by atoms with Crippen molar-refractivity contribution in [1.82, 2.24) is 9.88 Å². The Bertz CT molecular complexity index is 1070. The van der Waals surface area contributed by atoms with Crippen LogP contribution in [0.3, 0.4) is 0 Å². The lowest BCUT2D eigenvalue weighted by Crippen LogP contribution is -2.63. The molecule has 0 spiro atoms. The number of piperazine rings is 1. The molecule has 1 aromatic heterocycles. The summed E-state index contributed by atoms with van der Waals surface area (Å²) in [6.45, 7) is 18.7. The van der Waals surface area contributed by atoms with Gasteiger partial charge in [-0.25, -0.2) is 0 Å². The van der Waals surface area contributed by atoms with Gasteiger partial charge in [0.25, 0.3) is 0 Å². The molecule has 0 saturated carbocycles. The van der Waals surface area contributed by atoms with Crippen molar-refractivity contribution in [2.45, 2.75) is 64.9 Å². The number of hydrogen-bond acceptors (Lipinski definition) is 6. The van der Waals surface area contributed by atoms with Crippen LogP contribution < -0.4 is 4.90 Å². The average Bonchev–Trinajstić information content (AvgIpc) is 2.98. The van der Waals surface area contributed by atoms with Crippen molar-refractivity contribution in [1.29, 1.82) is 0 Å². The molecule has 0 radical (unpaired) electrons. The molecule has 4 rings (SSSR count). The SMILES string of the molecule is CC1=C(OC(C)(C)C(C)(C)N2CCN(c3ccnc4cc(C)ccc34)CC2)C(C)SC1=O. The number of carbonyl (C=O) groups is 1. The van der Waals surface area contributed by atoms with Gasteiger partial charge in [-0.1, -0.05) is 23.9 Å². The summed E-state index contributed by atoms with van der Waals surface area (Å²) in [7, 11) is 0. The molecule has 3 heterocycles. The van der Waals surface area contributed by atoms with E-state index in [9.17, 15) is 4.79 Å². The molecule has 2 aliphatic rings. The van der Waals surface area contributed by atoms with Crippen molar-refractivity contribution in [2.24, 2.45) is 0 Å². The lowest BCUT2D eigenvalue weighted by molar-refractivity contribution is -0.108. The second kappa shape index (κ2) is 8.38. The summed E-state index contributed by atoms with van der Waals surface area (Å²) in [5.41, 5.74) is 3.68. The summed E-state index contributed by atoms with van der Waals surface area (Å²) in [5.74, 6) is 0.843. The van der Waals surface area contributed by atoms with E-state index in [1.807, 2.05) is 13.1 Å². The van der Waals surface area contributed by atoms with Gasteiger partial charge < -0.3 is 9.64 Å². The predicted molar refractivity (Wildman–Crippen MR) is 134 cm³/mol. The van der Waals surface area contributed by atoms with E-state index in [1.165, 1.54) is 28.4 Å². The third kappa shape index (κ3) is 4.03. The Morgan fingerprint density at radius 2 is 1.75 bits per heavy atom. The van der Waals surface area contributed by atoms with E-state index in [1.54, 1.807) is 0 Å². The first-order chi connectivity index (χ1) is 15.0. The molecule has 0 amide bonds. The first-order valence-corrected chi connectivity index (χ1v) is 12.4. The highest BCUT2D eigenvalue weighted by Crippen LogP contribution is 2.41. The van der Waals surface area contributed by atoms with Crippen LogP contribution in [-0.2, 0) is 9.53 Å². The van der Waals surface area contributed by atoms with E-state index in [0.29, 0.717) is 0 Å². The van der Waals surface area contributed by atoms with Crippen molar-refractivity contribution in [3.05, 3.63) is 47.4 Å². The van der Waals surface area contributed by atoms with Gasteiger partial charge in [-0.15, -0.1) is 0 Å². The number of anilines is 1. The van der Waals surface area contributed by atoms with Crippen LogP contribution in [0.25, 0.3) is 10.9 Å². The van der Waals surface area contributed by atoms with Crippen LogP contribution in [0.2, 0.25) is 0 Å². The maximum absolute atomic E-state index is 12.1. The van der Waals surface area contributed by atoms with E-state index < -0.39 is 5.60 Å². The van der Waals surface area contributed by atoms with E-state index in [-0.39, 0.29) is 15.9 Å². The molecular weight excluding hydrogens is 418 g/mol. The highest BCUT2D eigenvalue weighted by Gasteiger charge is 2.46. The fourth-order valence-electron chi connectivity index (χ4n) is 4.67. The Balaban J connectivity index is 1.49. The monoisotopic (exact) mass is 453 g/mol. The molecule has 2 aliphatic heterocycles. The van der Waals surface area contributed by atoms with Crippen molar-refractivity contribution in [3.8, 4) is 0 Å². The van der Waals surface area contributed by atoms with Gasteiger partial charge in [-0.05, 0) is 66.2 Å². The van der Waals surface area contributed by atoms with Gasteiger partial charge in [0.2, 0.25) is 5.12 Å². The third-order valence-electron chi connectivity index (χ3n) is 7.45. The lowest BCUT2D eigenvalue weighted by Gasteiger charge is -2.52. The zero-order valence-electron chi connectivity index (χ0n) is 20.4. The third-order valence-corrected chi connectivity index (χ3v) is 8.54. The first-order valence-electron chi connectivity index (χ1n) is 11.5. The number of hydrogen-bond donors (Lipinski definition) is 0. The number of ether oxygens (including phenoxy) is 1. The summed E-state index contributed by atoms with van der Waals surface area (Å²) >= 11 is 1.36. The Labute approximate surface area is 196 Å². The molecule has 1 atom stereocenters. The summed E-state index contributed by atoms with van der Waals surface area (Å²) in [4.78, 5) is 21.7. The summed E-state index contributed by atoms with van der Waals surface area (Å²) in [5, 5.41) is 1.43. The number of nitrogens with zero attached hydrogens (tertiary/aromatic N) is 3. The van der Waals surface area contributed by atoms with Gasteiger partial charge >= 0.3 is 0 Å². The predicted octanol–water partition coefficient (Wildman–Crippen LogP) is 5.17. The molecule has 1 saturated heterocycles. The molecule has 0 bridgehead atoms. The van der Waals surface area contributed by atoms with Gasteiger partial charge in [-0.2, -0.15) is 0 Å². The molecule has 0 N–H and O–H groups in total. The minimum atomic E-state index is -0.438. The van der Waals surface area contributed by atoms with E-state index in [2.05, 4.69) is 80.6 Å². The maximum atomic E-state index is 12.1. The topological polar surface area (TPSA) is 45.7 Å². The number of aromatic nitrogens is 1. The number of pyridine rings is 1. The van der Waals surface area contributed by atoms with E-state index in [4.69, 9.17) is 4.74 Å². The molecular formula is C26H35N3O2S. The quantitative estimate of drug-likeness (QED) is 0.622. The second-order valence-electron chi connectivity index (χ2n) is 10.0. The fraction of sp³-hybridized carbons (Fsp3) is 0.538. The number of rotatable bonds is 5. The summed E-state index contributed by atoms with van der Waals surface area (Å²) in [6, 6.07) is 8.65. The van der Waals surface area contributed by atoms with E-state index in [0.717, 1.165) is 43.0 Å². The summed E-state index contributed by atoms with van der Waals surface area (Å²) in [6.07, 6.45) is 1.92. The van der Waals surface area contributed by atoms with Crippen LogP contribution in [0.1, 0.15) is 47.1 Å². The first kappa shape index (κ1) is 23.1. The van der Waals surface area contributed by atoms with Crippen molar-refractivity contribution in [2.75, 3.05) is 31.1 Å². The number of thioether (sulfide) groups is 1. The Hall–Kier alpha value is -2.05. The van der Waals surface area contributed by atoms with Crippen LogP contribution >= 0.6 is 11.8 Å². The number of aryl methyl sites for hydroxylation is 1. The normalized spacial score (nSPS) is 21.0.